The number of amides is 2. The van der Waals surface area contributed by atoms with E-state index in [2.05, 4.69) is 5.32 Å². The number of hydrogen-bond donors (Lipinski definition) is 2. The fourth-order valence-electron chi connectivity index (χ4n) is 1.44. The molecule has 0 saturated carbocycles. The lowest BCUT2D eigenvalue weighted by atomic mass is 10.1. The van der Waals surface area contributed by atoms with Crippen LogP contribution in [0.25, 0.3) is 6.08 Å². The van der Waals surface area contributed by atoms with Crippen molar-refractivity contribution < 1.29 is 14.7 Å². The number of carbonyl (C=O) groups is 2. The highest BCUT2D eigenvalue weighted by Gasteiger charge is 2.05. The molecule has 0 aromatic heterocycles. The normalized spacial score (nSPS) is 10.3. The number of nitrogens with zero attached hydrogens (tertiary/aromatic N) is 1. The molecule has 18 heavy (non-hydrogen) atoms. The SMILES string of the molecule is CNC(=O)N(C)Cc1ccc(/C=C/C(=O)O)cc1. The van der Waals surface area contributed by atoms with Crippen molar-refractivity contribution in [3.63, 3.8) is 0 Å². The van der Waals surface area contributed by atoms with E-state index in [1.54, 1.807) is 19.0 Å². The van der Waals surface area contributed by atoms with Crippen LogP contribution in [-0.4, -0.2) is 36.1 Å². The zero-order valence-electron chi connectivity index (χ0n) is 10.4. The van der Waals surface area contributed by atoms with Crippen molar-refractivity contribution in [2.45, 2.75) is 6.54 Å². The topological polar surface area (TPSA) is 69.6 Å². The Hall–Kier alpha value is -2.30. The van der Waals surface area contributed by atoms with Gasteiger partial charge in [-0.1, -0.05) is 24.3 Å². The third-order valence-electron chi connectivity index (χ3n) is 2.38. The Morgan fingerprint density at radius 1 is 1.33 bits per heavy atom. The lowest BCUT2D eigenvalue weighted by Gasteiger charge is -2.16. The largest absolute Gasteiger partial charge is 0.478 e. The van der Waals surface area contributed by atoms with Gasteiger partial charge in [-0.3, -0.25) is 0 Å². The number of hydrogen-bond acceptors (Lipinski definition) is 2. The number of urea groups is 1. The molecule has 5 nitrogen and oxygen atoms in total. The summed E-state index contributed by atoms with van der Waals surface area (Å²) in [5, 5.41) is 11.0. The van der Waals surface area contributed by atoms with Crippen LogP contribution in [0, 0.1) is 0 Å². The zero-order chi connectivity index (χ0) is 13.5. The van der Waals surface area contributed by atoms with Gasteiger partial charge < -0.3 is 15.3 Å². The Morgan fingerprint density at radius 2 is 1.94 bits per heavy atom. The number of rotatable bonds is 4. The van der Waals surface area contributed by atoms with Crippen molar-refractivity contribution in [3.05, 3.63) is 41.5 Å². The molecule has 0 fully saturated rings. The molecular formula is C13H16N2O3. The molecule has 0 atom stereocenters. The van der Waals surface area contributed by atoms with Gasteiger partial charge in [0, 0.05) is 26.7 Å². The maximum Gasteiger partial charge on any atom is 0.328 e. The fraction of sp³-hybridized carbons (Fsp3) is 0.231. The van der Waals surface area contributed by atoms with Crippen LogP contribution in [0.3, 0.4) is 0 Å². The molecule has 0 unspecified atom stereocenters. The van der Waals surface area contributed by atoms with E-state index < -0.39 is 5.97 Å². The van der Waals surface area contributed by atoms with Gasteiger partial charge in [0.2, 0.25) is 0 Å². The molecule has 96 valence electrons. The van der Waals surface area contributed by atoms with Gasteiger partial charge in [-0.15, -0.1) is 0 Å². The van der Waals surface area contributed by atoms with Crippen molar-refractivity contribution in [2.75, 3.05) is 14.1 Å². The number of carbonyl (C=O) groups excluding carboxylic acids is 1. The number of carboxylic acids is 1. The van der Waals surface area contributed by atoms with Crippen molar-refractivity contribution >= 4 is 18.1 Å². The van der Waals surface area contributed by atoms with Gasteiger partial charge in [0.25, 0.3) is 0 Å². The number of nitrogens with one attached hydrogen (secondary N) is 1. The minimum atomic E-state index is -0.974. The molecule has 0 aliphatic heterocycles. The summed E-state index contributed by atoms with van der Waals surface area (Å²) in [5.41, 5.74) is 1.79. The first-order chi connectivity index (χ1) is 8.52. The summed E-state index contributed by atoms with van der Waals surface area (Å²) >= 11 is 0. The summed E-state index contributed by atoms with van der Waals surface area (Å²) in [6.07, 6.45) is 2.61. The predicted molar refractivity (Wildman–Crippen MR) is 69.0 cm³/mol. The summed E-state index contributed by atoms with van der Waals surface area (Å²) in [5.74, 6) is -0.974. The van der Waals surface area contributed by atoms with Crippen LogP contribution in [0.2, 0.25) is 0 Å². The second kappa shape index (κ2) is 6.44. The quantitative estimate of drug-likeness (QED) is 0.794. The van der Waals surface area contributed by atoms with Gasteiger partial charge in [0.05, 0.1) is 0 Å². The Balaban J connectivity index is 2.66. The van der Waals surface area contributed by atoms with Gasteiger partial charge in [-0.2, -0.15) is 0 Å². The van der Waals surface area contributed by atoms with Crippen molar-refractivity contribution in [1.29, 1.82) is 0 Å². The second-order valence-corrected chi connectivity index (χ2v) is 3.82. The molecule has 0 spiro atoms. The Labute approximate surface area is 106 Å². The standard InChI is InChI=1S/C13H16N2O3/c1-14-13(18)15(2)9-11-5-3-10(4-6-11)7-8-12(16)17/h3-8H,9H2,1-2H3,(H,14,18)(H,16,17)/b8-7+. The number of benzene rings is 1. The predicted octanol–water partition coefficient (Wildman–Crippen LogP) is 1.56. The Bertz CT molecular complexity index is 452. The van der Waals surface area contributed by atoms with E-state index in [0.29, 0.717) is 6.54 Å². The van der Waals surface area contributed by atoms with E-state index >= 15 is 0 Å². The first kappa shape index (κ1) is 13.8. The van der Waals surface area contributed by atoms with E-state index in [0.717, 1.165) is 17.2 Å². The highest BCUT2D eigenvalue weighted by atomic mass is 16.4. The van der Waals surface area contributed by atoms with Crippen LogP contribution in [0.15, 0.2) is 30.3 Å². The highest BCUT2D eigenvalue weighted by Crippen LogP contribution is 2.08. The summed E-state index contributed by atoms with van der Waals surface area (Å²) in [7, 11) is 3.29. The average Bonchev–Trinajstić information content (AvgIpc) is 2.36. The molecule has 1 rings (SSSR count). The molecule has 0 saturated heterocycles. The van der Waals surface area contributed by atoms with Gasteiger partial charge in [-0.05, 0) is 17.2 Å². The van der Waals surface area contributed by atoms with Gasteiger partial charge in [0.1, 0.15) is 0 Å². The molecule has 0 bridgehead atoms. The minimum absolute atomic E-state index is 0.148. The molecule has 0 radical (unpaired) electrons. The summed E-state index contributed by atoms with van der Waals surface area (Å²) in [6.45, 7) is 0.503. The van der Waals surface area contributed by atoms with E-state index in [1.807, 2.05) is 24.3 Å². The summed E-state index contributed by atoms with van der Waals surface area (Å²) < 4.78 is 0. The maximum absolute atomic E-state index is 11.3. The van der Waals surface area contributed by atoms with Crippen LogP contribution in [0.4, 0.5) is 4.79 Å². The first-order valence-electron chi connectivity index (χ1n) is 5.45. The summed E-state index contributed by atoms with van der Waals surface area (Å²) in [4.78, 5) is 23.2. The van der Waals surface area contributed by atoms with Crippen LogP contribution in [0.1, 0.15) is 11.1 Å². The van der Waals surface area contributed by atoms with Crippen LogP contribution >= 0.6 is 0 Å². The third-order valence-corrected chi connectivity index (χ3v) is 2.38. The fourth-order valence-corrected chi connectivity index (χ4v) is 1.44. The zero-order valence-corrected chi connectivity index (χ0v) is 10.4. The van der Waals surface area contributed by atoms with E-state index in [9.17, 15) is 9.59 Å². The highest BCUT2D eigenvalue weighted by molar-refractivity contribution is 5.85. The molecule has 2 N–H and O–H groups in total. The van der Waals surface area contributed by atoms with Gasteiger partial charge in [-0.25, -0.2) is 9.59 Å². The maximum atomic E-state index is 11.3. The molecule has 0 aliphatic carbocycles. The van der Waals surface area contributed by atoms with Gasteiger partial charge >= 0.3 is 12.0 Å². The molecule has 0 heterocycles. The molecule has 0 aliphatic rings. The van der Waals surface area contributed by atoms with E-state index in [4.69, 9.17) is 5.11 Å². The van der Waals surface area contributed by atoms with Crippen molar-refractivity contribution in [1.82, 2.24) is 10.2 Å². The Kier molecular flexibility index (Phi) is 4.92. The smallest absolute Gasteiger partial charge is 0.328 e. The van der Waals surface area contributed by atoms with Gasteiger partial charge in [0.15, 0.2) is 0 Å². The van der Waals surface area contributed by atoms with Crippen LogP contribution in [0.5, 0.6) is 0 Å². The third kappa shape index (κ3) is 4.29. The monoisotopic (exact) mass is 248 g/mol. The van der Waals surface area contributed by atoms with Crippen LogP contribution < -0.4 is 5.32 Å². The molecule has 1 aromatic carbocycles. The van der Waals surface area contributed by atoms with E-state index in [-0.39, 0.29) is 6.03 Å². The first-order valence-corrected chi connectivity index (χ1v) is 5.45. The molecule has 1 aromatic rings. The lowest BCUT2D eigenvalue weighted by Crippen LogP contribution is -2.34. The summed E-state index contributed by atoms with van der Waals surface area (Å²) in [6, 6.07) is 7.20. The van der Waals surface area contributed by atoms with Crippen molar-refractivity contribution in [2.24, 2.45) is 0 Å². The number of carboxylic acid groups (broad SMARTS) is 1. The molecule has 2 amide bonds. The van der Waals surface area contributed by atoms with Crippen LogP contribution in [-0.2, 0) is 11.3 Å². The van der Waals surface area contributed by atoms with Crippen molar-refractivity contribution in [3.8, 4) is 0 Å². The van der Waals surface area contributed by atoms with E-state index in [1.165, 1.54) is 6.08 Å². The minimum Gasteiger partial charge on any atom is -0.478 e. The Morgan fingerprint density at radius 3 is 2.44 bits per heavy atom. The lowest BCUT2D eigenvalue weighted by molar-refractivity contribution is -0.131. The number of aliphatic carboxylic acids is 1. The molecule has 5 heteroatoms. The average molecular weight is 248 g/mol. The molecular weight excluding hydrogens is 232 g/mol. The second-order valence-electron chi connectivity index (χ2n) is 3.82.